The first-order valence-corrected chi connectivity index (χ1v) is 13.6. The van der Waals surface area contributed by atoms with Crippen LogP contribution in [0.5, 0.6) is 0 Å². The van der Waals surface area contributed by atoms with Gasteiger partial charge in [-0.05, 0) is 31.4 Å². The van der Waals surface area contributed by atoms with Crippen LogP contribution in [0.2, 0.25) is 5.02 Å². The number of halogens is 1. The molecule has 0 aliphatic rings. The van der Waals surface area contributed by atoms with Crippen molar-refractivity contribution in [2.45, 2.75) is 52.1 Å². The molecule has 1 atom stereocenters. The van der Waals surface area contributed by atoms with Crippen molar-refractivity contribution in [2.24, 2.45) is 4.99 Å². The second kappa shape index (κ2) is 13.7. The number of aryl methyl sites for hydroxylation is 2. The number of ether oxygens (including phenoxy) is 1. The fourth-order valence-corrected chi connectivity index (χ4v) is 4.76. The van der Waals surface area contributed by atoms with E-state index < -0.39 is 6.04 Å². The zero-order valence-corrected chi connectivity index (χ0v) is 22.8. The molecule has 0 aliphatic carbocycles. The Morgan fingerprint density at radius 3 is 2.16 bits per heavy atom. The first kappa shape index (κ1) is 27.3. The largest absolute Gasteiger partial charge is 0.464 e. The lowest BCUT2D eigenvalue weighted by Crippen LogP contribution is -2.27. The van der Waals surface area contributed by atoms with Gasteiger partial charge in [-0.15, -0.1) is 0 Å². The van der Waals surface area contributed by atoms with E-state index in [0.717, 1.165) is 64.8 Å². The summed E-state index contributed by atoms with van der Waals surface area (Å²) in [5.74, 6) is 0.667. The van der Waals surface area contributed by atoms with Crippen LogP contribution >= 0.6 is 11.6 Å². The van der Waals surface area contributed by atoms with Gasteiger partial charge in [0, 0.05) is 47.4 Å². The van der Waals surface area contributed by atoms with Crippen LogP contribution in [0.25, 0.3) is 0 Å². The van der Waals surface area contributed by atoms with Crippen LogP contribution in [0.4, 0.5) is 0 Å². The smallest absolute Gasteiger partial charge is 0.331 e. The molecule has 1 aromatic heterocycles. The summed E-state index contributed by atoms with van der Waals surface area (Å²) >= 11 is 6.44. The number of nitrogens with zero attached hydrogens (tertiary/aromatic N) is 3. The second-order valence-electron chi connectivity index (χ2n) is 9.09. The second-order valence-corrected chi connectivity index (χ2v) is 9.50. The van der Waals surface area contributed by atoms with Gasteiger partial charge in [0.05, 0.1) is 12.3 Å². The van der Waals surface area contributed by atoms with Gasteiger partial charge in [0.25, 0.3) is 0 Å². The molecule has 0 radical (unpaired) electrons. The summed E-state index contributed by atoms with van der Waals surface area (Å²) in [5.41, 5.74) is 4.72. The average Bonchev–Trinajstić information content (AvgIpc) is 3.32. The molecule has 196 valence electrons. The standard InChI is InChI=1S/C32H34ClN3O2/c1-3-13-30-34-23-27(36(30)21-20-24-14-11-12-19-28(24)33)22-29(32(37)38-4-2)35-31(25-15-7-5-8-16-25)26-17-9-6-10-18-26/h5-12,14-19,23,29H,3-4,13,20-22H2,1-2H3/t29-/m0/s1. The van der Waals surface area contributed by atoms with Crippen LogP contribution in [-0.2, 0) is 35.3 Å². The predicted octanol–water partition coefficient (Wildman–Crippen LogP) is 6.74. The molecule has 0 unspecified atom stereocenters. The van der Waals surface area contributed by atoms with E-state index >= 15 is 0 Å². The van der Waals surface area contributed by atoms with Gasteiger partial charge >= 0.3 is 5.97 Å². The molecule has 38 heavy (non-hydrogen) atoms. The zero-order valence-electron chi connectivity index (χ0n) is 22.0. The molecule has 0 N–H and O–H groups in total. The van der Waals surface area contributed by atoms with Gasteiger partial charge in [-0.1, -0.05) is 97.4 Å². The minimum absolute atomic E-state index is 0.295. The summed E-state index contributed by atoms with van der Waals surface area (Å²) in [5, 5.41) is 0.760. The highest BCUT2D eigenvalue weighted by molar-refractivity contribution is 6.31. The highest BCUT2D eigenvalue weighted by Gasteiger charge is 2.24. The molecule has 0 spiro atoms. The summed E-state index contributed by atoms with van der Waals surface area (Å²) in [7, 11) is 0. The first-order chi connectivity index (χ1) is 18.6. The van der Waals surface area contributed by atoms with Crippen molar-refractivity contribution in [3.8, 4) is 0 Å². The Labute approximate surface area is 230 Å². The molecule has 0 saturated carbocycles. The molecule has 0 bridgehead atoms. The fraction of sp³-hybridized carbons (Fsp3) is 0.281. The number of hydrogen-bond donors (Lipinski definition) is 0. The van der Waals surface area contributed by atoms with Crippen molar-refractivity contribution in [1.82, 2.24) is 9.55 Å². The maximum absolute atomic E-state index is 13.2. The average molecular weight is 528 g/mol. The molecule has 6 heteroatoms. The lowest BCUT2D eigenvalue weighted by molar-refractivity contribution is -0.144. The molecule has 0 aliphatic heterocycles. The number of hydrogen-bond acceptors (Lipinski definition) is 4. The van der Waals surface area contributed by atoms with Crippen LogP contribution < -0.4 is 0 Å². The SMILES string of the molecule is CCCc1ncc(C[C@H](N=C(c2ccccc2)c2ccccc2)C(=O)OCC)n1CCc1ccccc1Cl. The van der Waals surface area contributed by atoms with E-state index in [4.69, 9.17) is 26.3 Å². The Bertz CT molecular complexity index is 1310. The number of carbonyl (C=O) groups is 1. The van der Waals surface area contributed by atoms with Crippen LogP contribution in [0, 0.1) is 0 Å². The van der Waals surface area contributed by atoms with E-state index in [9.17, 15) is 4.79 Å². The number of aliphatic imine (C=N–C) groups is 1. The minimum Gasteiger partial charge on any atom is -0.464 e. The lowest BCUT2D eigenvalue weighted by atomic mass is 10.0. The number of esters is 1. The number of aromatic nitrogens is 2. The fourth-order valence-electron chi connectivity index (χ4n) is 4.53. The summed E-state index contributed by atoms with van der Waals surface area (Å²) in [6, 6.07) is 27.1. The molecule has 0 fully saturated rings. The van der Waals surface area contributed by atoms with Crippen molar-refractivity contribution in [3.05, 3.63) is 124 Å². The van der Waals surface area contributed by atoms with Crippen molar-refractivity contribution >= 4 is 23.3 Å². The monoisotopic (exact) mass is 527 g/mol. The van der Waals surface area contributed by atoms with Crippen molar-refractivity contribution in [2.75, 3.05) is 6.61 Å². The lowest BCUT2D eigenvalue weighted by Gasteiger charge is -2.17. The van der Waals surface area contributed by atoms with Crippen molar-refractivity contribution in [1.29, 1.82) is 0 Å². The van der Waals surface area contributed by atoms with E-state index in [1.165, 1.54) is 0 Å². The summed E-state index contributed by atoms with van der Waals surface area (Å²) in [6.45, 7) is 4.98. The van der Waals surface area contributed by atoms with Crippen LogP contribution in [0.1, 0.15) is 48.5 Å². The maximum atomic E-state index is 13.2. The van der Waals surface area contributed by atoms with Gasteiger partial charge in [-0.2, -0.15) is 0 Å². The molecular weight excluding hydrogens is 494 g/mol. The molecule has 3 aromatic carbocycles. The number of rotatable bonds is 12. The van der Waals surface area contributed by atoms with Gasteiger partial charge < -0.3 is 9.30 Å². The molecule has 5 nitrogen and oxygen atoms in total. The Kier molecular flexibility index (Phi) is 9.88. The molecular formula is C32H34ClN3O2. The predicted molar refractivity (Wildman–Crippen MR) is 154 cm³/mol. The van der Waals surface area contributed by atoms with Gasteiger partial charge in [-0.25, -0.2) is 9.78 Å². The van der Waals surface area contributed by atoms with Crippen LogP contribution in [0.3, 0.4) is 0 Å². The van der Waals surface area contributed by atoms with E-state index in [1.54, 1.807) is 0 Å². The van der Waals surface area contributed by atoms with Gasteiger partial charge in [0.1, 0.15) is 5.82 Å². The Hall–Kier alpha value is -3.70. The van der Waals surface area contributed by atoms with Gasteiger partial charge in [0.2, 0.25) is 0 Å². The minimum atomic E-state index is -0.712. The van der Waals surface area contributed by atoms with E-state index in [0.29, 0.717) is 13.0 Å². The molecule has 1 heterocycles. The van der Waals surface area contributed by atoms with E-state index in [1.807, 2.05) is 92.0 Å². The summed E-state index contributed by atoms with van der Waals surface area (Å²) in [6.07, 6.45) is 4.88. The Morgan fingerprint density at radius 2 is 1.55 bits per heavy atom. The van der Waals surface area contributed by atoms with E-state index in [-0.39, 0.29) is 5.97 Å². The third-order valence-corrected chi connectivity index (χ3v) is 6.77. The highest BCUT2D eigenvalue weighted by atomic mass is 35.5. The van der Waals surface area contributed by atoms with Crippen LogP contribution in [-0.4, -0.2) is 33.9 Å². The topological polar surface area (TPSA) is 56.5 Å². The summed E-state index contributed by atoms with van der Waals surface area (Å²) in [4.78, 5) is 23.0. The van der Waals surface area contributed by atoms with Crippen molar-refractivity contribution < 1.29 is 9.53 Å². The molecule has 4 rings (SSSR count). The summed E-state index contributed by atoms with van der Waals surface area (Å²) < 4.78 is 7.72. The Morgan fingerprint density at radius 1 is 0.921 bits per heavy atom. The van der Waals surface area contributed by atoms with E-state index in [2.05, 4.69) is 17.6 Å². The zero-order chi connectivity index (χ0) is 26.7. The number of benzene rings is 3. The highest BCUT2D eigenvalue weighted by Crippen LogP contribution is 2.20. The molecule has 4 aromatic rings. The third kappa shape index (κ3) is 6.99. The Balaban J connectivity index is 1.71. The quantitative estimate of drug-likeness (QED) is 0.151. The first-order valence-electron chi connectivity index (χ1n) is 13.2. The number of imidazole rings is 1. The normalized spacial score (nSPS) is 11.7. The number of carbonyl (C=O) groups excluding carboxylic acids is 1. The van der Waals surface area contributed by atoms with Crippen LogP contribution in [0.15, 0.2) is 96.1 Å². The van der Waals surface area contributed by atoms with Crippen molar-refractivity contribution in [3.63, 3.8) is 0 Å². The van der Waals surface area contributed by atoms with Gasteiger partial charge in [-0.3, -0.25) is 4.99 Å². The maximum Gasteiger partial charge on any atom is 0.331 e. The van der Waals surface area contributed by atoms with Gasteiger partial charge in [0.15, 0.2) is 6.04 Å². The molecule has 0 saturated heterocycles. The third-order valence-electron chi connectivity index (χ3n) is 6.40. The molecule has 0 amide bonds.